The van der Waals surface area contributed by atoms with Crippen molar-refractivity contribution in [2.45, 2.75) is 19.3 Å². The standard InChI is InChI=1S/C13H18N2O2/c1-3-9(7-14-2)10-4-5-12-11(6-10)15-13(16)8-17-12/h4-6,9,14H,3,7-8H2,1-2H3,(H,15,16). The molecule has 17 heavy (non-hydrogen) atoms. The van der Waals surface area contributed by atoms with Gasteiger partial charge in [0.1, 0.15) is 5.75 Å². The predicted molar refractivity (Wildman–Crippen MR) is 67.5 cm³/mol. The lowest BCUT2D eigenvalue weighted by molar-refractivity contribution is -0.118. The summed E-state index contributed by atoms with van der Waals surface area (Å²) in [4.78, 5) is 11.3. The van der Waals surface area contributed by atoms with Gasteiger partial charge in [0.15, 0.2) is 6.61 Å². The van der Waals surface area contributed by atoms with Crippen LogP contribution in [0.15, 0.2) is 18.2 Å². The van der Waals surface area contributed by atoms with Gasteiger partial charge in [0.05, 0.1) is 5.69 Å². The van der Waals surface area contributed by atoms with Crippen molar-refractivity contribution >= 4 is 11.6 Å². The minimum absolute atomic E-state index is 0.0867. The van der Waals surface area contributed by atoms with E-state index in [1.807, 2.05) is 19.2 Å². The zero-order valence-electron chi connectivity index (χ0n) is 10.2. The second kappa shape index (κ2) is 5.19. The van der Waals surface area contributed by atoms with Crippen molar-refractivity contribution in [2.24, 2.45) is 0 Å². The molecule has 1 unspecified atom stereocenters. The van der Waals surface area contributed by atoms with Crippen LogP contribution in [0.3, 0.4) is 0 Å². The summed E-state index contributed by atoms with van der Waals surface area (Å²) in [5.74, 6) is 1.13. The van der Waals surface area contributed by atoms with Crippen LogP contribution in [0.2, 0.25) is 0 Å². The second-order valence-electron chi connectivity index (χ2n) is 4.26. The van der Waals surface area contributed by atoms with Gasteiger partial charge in [0.2, 0.25) is 0 Å². The minimum Gasteiger partial charge on any atom is -0.482 e. The Morgan fingerprint density at radius 1 is 1.53 bits per heavy atom. The number of rotatable bonds is 4. The summed E-state index contributed by atoms with van der Waals surface area (Å²) in [6.07, 6.45) is 1.06. The Labute approximate surface area is 101 Å². The molecule has 0 radical (unpaired) electrons. The topological polar surface area (TPSA) is 50.4 Å². The van der Waals surface area contributed by atoms with Crippen molar-refractivity contribution in [3.8, 4) is 5.75 Å². The number of anilines is 1. The number of ether oxygens (including phenoxy) is 1. The number of fused-ring (bicyclic) bond motifs is 1. The number of likely N-dealkylation sites (N-methyl/N-ethyl adjacent to an activating group) is 1. The molecule has 1 atom stereocenters. The average molecular weight is 234 g/mol. The minimum atomic E-state index is -0.0867. The first-order valence-electron chi connectivity index (χ1n) is 5.95. The molecule has 0 aromatic heterocycles. The monoisotopic (exact) mass is 234 g/mol. The zero-order chi connectivity index (χ0) is 12.3. The molecule has 1 aliphatic heterocycles. The van der Waals surface area contributed by atoms with Gasteiger partial charge in [-0.15, -0.1) is 0 Å². The van der Waals surface area contributed by atoms with Crippen LogP contribution in [0, 0.1) is 0 Å². The first-order valence-corrected chi connectivity index (χ1v) is 5.95. The van der Waals surface area contributed by atoms with Crippen LogP contribution in [-0.4, -0.2) is 26.1 Å². The molecule has 1 aliphatic rings. The largest absolute Gasteiger partial charge is 0.482 e. The van der Waals surface area contributed by atoms with Crippen LogP contribution in [0.25, 0.3) is 0 Å². The van der Waals surface area contributed by atoms with Gasteiger partial charge in [0.25, 0.3) is 5.91 Å². The van der Waals surface area contributed by atoms with Crippen LogP contribution in [-0.2, 0) is 4.79 Å². The predicted octanol–water partition coefficient (Wildman–Crippen LogP) is 1.73. The van der Waals surface area contributed by atoms with Gasteiger partial charge in [-0.05, 0) is 37.1 Å². The van der Waals surface area contributed by atoms with E-state index >= 15 is 0 Å². The second-order valence-corrected chi connectivity index (χ2v) is 4.26. The van der Waals surface area contributed by atoms with E-state index in [9.17, 15) is 4.79 Å². The normalized spacial score (nSPS) is 15.8. The Kier molecular flexibility index (Phi) is 3.64. The first-order chi connectivity index (χ1) is 8.24. The Morgan fingerprint density at radius 3 is 3.06 bits per heavy atom. The Morgan fingerprint density at radius 2 is 2.35 bits per heavy atom. The van der Waals surface area contributed by atoms with Gasteiger partial charge in [-0.1, -0.05) is 13.0 Å². The van der Waals surface area contributed by atoms with Crippen LogP contribution in [0.4, 0.5) is 5.69 Å². The van der Waals surface area contributed by atoms with E-state index in [0.717, 1.165) is 24.4 Å². The molecule has 1 aromatic rings. The van der Waals surface area contributed by atoms with E-state index in [2.05, 4.69) is 23.6 Å². The summed E-state index contributed by atoms with van der Waals surface area (Å²) < 4.78 is 5.34. The number of amides is 1. The summed E-state index contributed by atoms with van der Waals surface area (Å²) in [6, 6.07) is 6.02. The highest BCUT2D eigenvalue weighted by atomic mass is 16.5. The SMILES string of the molecule is CCC(CNC)c1ccc2c(c1)NC(=O)CO2. The summed E-state index contributed by atoms with van der Waals surface area (Å²) >= 11 is 0. The molecule has 1 amide bonds. The van der Waals surface area contributed by atoms with Crippen LogP contribution < -0.4 is 15.4 Å². The maximum atomic E-state index is 11.3. The number of hydrogen-bond acceptors (Lipinski definition) is 3. The molecule has 0 aliphatic carbocycles. The molecule has 1 heterocycles. The molecule has 2 N–H and O–H groups in total. The highest BCUT2D eigenvalue weighted by Crippen LogP contribution is 2.31. The number of nitrogens with one attached hydrogen (secondary N) is 2. The van der Waals surface area contributed by atoms with Crippen molar-refractivity contribution in [3.05, 3.63) is 23.8 Å². The van der Waals surface area contributed by atoms with Gasteiger partial charge >= 0.3 is 0 Å². The summed E-state index contributed by atoms with van der Waals surface area (Å²) in [5.41, 5.74) is 2.01. The lowest BCUT2D eigenvalue weighted by atomic mass is 9.95. The molecule has 0 saturated heterocycles. The zero-order valence-corrected chi connectivity index (χ0v) is 10.2. The number of hydrogen-bond donors (Lipinski definition) is 2. The van der Waals surface area contributed by atoms with Gasteiger partial charge < -0.3 is 15.4 Å². The number of carbonyl (C=O) groups excluding carboxylic acids is 1. The Bertz CT molecular complexity index is 418. The smallest absolute Gasteiger partial charge is 0.262 e. The van der Waals surface area contributed by atoms with Crippen molar-refractivity contribution in [3.63, 3.8) is 0 Å². The maximum absolute atomic E-state index is 11.3. The highest BCUT2D eigenvalue weighted by Gasteiger charge is 2.17. The lowest BCUT2D eigenvalue weighted by Gasteiger charge is -2.21. The third-order valence-electron chi connectivity index (χ3n) is 3.05. The van der Waals surface area contributed by atoms with Gasteiger partial charge in [-0.2, -0.15) is 0 Å². The molecule has 0 saturated carbocycles. The molecule has 4 nitrogen and oxygen atoms in total. The van der Waals surface area contributed by atoms with E-state index < -0.39 is 0 Å². The Hall–Kier alpha value is -1.55. The summed E-state index contributed by atoms with van der Waals surface area (Å²) in [6.45, 7) is 3.21. The van der Waals surface area contributed by atoms with Gasteiger partial charge in [-0.25, -0.2) is 0 Å². The van der Waals surface area contributed by atoms with Crippen molar-refractivity contribution < 1.29 is 9.53 Å². The highest BCUT2D eigenvalue weighted by molar-refractivity contribution is 5.95. The molecular formula is C13H18N2O2. The van der Waals surface area contributed by atoms with Crippen LogP contribution in [0.1, 0.15) is 24.8 Å². The average Bonchev–Trinajstić information content (AvgIpc) is 2.35. The van der Waals surface area contributed by atoms with E-state index in [0.29, 0.717) is 5.92 Å². The van der Waals surface area contributed by atoms with E-state index in [4.69, 9.17) is 4.74 Å². The van der Waals surface area contributed by atoms with Crippen molar-refractivity contribution in [2.75, 3.05) is 25.5 Å². The molecule has 0 bridgehead atoms. The molecule has 4 heteroatoms. The van der Waals surface area contributed by atoms with Crippen LogP contribution >= 0.6 is 0 Å². The Balaban J connectivity index is 2.25. The quantitative estimate of drug-likeness (QED) is 0.834. The van der Waals surface area contributed by atoms with Crippen molar-refractivity contribution in [1.82, 2.24) is 5.32 Å². The molecule has 0 fully saturated rings. The van der Waals surface area contributed by atoms with Gasteiger partial charge in [-0.3, -0.25) is 4.79 Å². The fourth-order valence-corrected chi connectivity index (χ4v) is 2.10. The summed E-state index contributed by atoms with van der Waals surface area (Å²) in [5, 5.41) is 6.02. The van der Waals surface area contributed by atoms with E-state index in [1.165, 1.54) is 5.56 Å². The fourth-order valence-electron chi connectivity index (χ4n) is 2.10. The third kappa shape index (κ3) is 2.58. The maximum Gasteiger partial charge on any atom is 0.262 e. The van der Waals surface area contributed by atoms with Crippen molar-refractivity contribution in [1.29, 1.82) is 0 Å². The molecule has 2 rings (SSSR count). The van der Waals surface area contributed by atoms with Gasteiger partial charge in [0, 0.05) is 6.54 Å². The molecule has 1 aromatic carbocycles. The lowest BCUT2D eigenvalue weighted by Crippen LogP contribution is -2.25. The van der Waals surface area contributed by atoms with E-state index in [-0.39, 0.29) is 12.5 Å². The van der Waals surface area contributed by atoms with Crippen LogP contribution in [0.5, 0.6) is 5.75 Å². The molecular weight excluding hydrogens is 216 g/mol. The number of carbonyl (C=O) groups is 1. The molecule has 92 valence electrons. The molecule has 0 spiro atoms. The summed E-state index contributed by atoms with van der Waals surface area (Å²) in [7, 11) is 1.95. The number of benzene rings is 1. The van der Waals surface area contributed by atoms with E-state index in [1.54, 1.807) is 0 Å². The first kappa shape index (κ1) is 11.9. The third-order valence-corrected chi connectivity index (χ3v) is 3.05. The fraction of sp³-hybridized carbons (Fsp3) is 0.462.